The van der Waals surface area contributed by atoms with Gasteiger partial charge < -0.3 is 10.5 Å². The van der Waals surface area contributed by atoms with Crippen molar-refractivity contribution in [3.8, 4) is 11.8 Å². The molecule has 12 heavy (non-hydrogen) atoms. The molecule has 0 unspecified atom stereocenters. The summed E-state index contributed by atoms with van der Waals surface area (Å²) in [4.78, 5) is 11.0. The summed E-state index contributed by atoms with van der Waals surface area (Å²) in [5.74, 6) is 4.90. The average Bonchev–Trinajstić information content (AvgIpc) is 1.84. The van der Waals surface area contributed by atoms with Gasteiger partial charge >= 0.3 is 5.97 Å². The van der Waals surface area contributed by atoms with Gasteiger partial charge in [0.15, 0.2) is 0 Å². The molecule has 0 atom stereocenters. The molecule has 0 rings (SSSR count). The lowest BCUT2D eigenvalue weighted by atomic mass is 10.2. The third kappa shape index (κ3) is 7.10. The van der Waals surface area contributed by atoms with Gasteiger partial charge in [0.05, 0.1) is 6.54 Å². The highest BCUT2D eigenvalue weighted by Gasteiger charge is 2.14. The van der Waals surface area contributed by atoms with Crippen molar-refractivity contribution in [1.82, 2.24) is 0 Å². The van der Waals surface area contributed by atoms with Crippen LogP contribution in [0.1, 0.15) is 27.2 Å². The van der Waals surface area contributed by atoms with Gasteiger partial charge in [0, 0.05) is 0 Å². The SMILES string of the molecule is CC(C)(C)OC(=O)CC#CCN. The summed E-state index contributed by atoms with van der Waals surface area (Å²) in [6.07, 6.45) is 0.120. The Morgan fingerprint density at radius 1 is 1.42 bits per heavy atom. The van der Waals surface area contributed by atoms with Crippen LogP contribution in [-0.2, 0) is 9.53 Å². The van der Waals surface area contributed by atoms with Gasteiger partial charge in [-0.25, -0.2) is 0 Å². The minimum absolute atomic E-state index is 0.120. The minimum Gasteiger partial charge on any atom is -0.459 e. The number of ether oxygens (including phenoxy) is 1. The van der Waals surface area contributed by atoms with E-state index < -0.39 is 5.60 Å². The Morgan fingerprint density at radius 3 is 2.42 bits per heavy atom. The van der Waals surface area contributed by atoms with Crippen LogP contribution in [0.15, 0.2) is 0 Å². The predicted molar refractivity (Wildman–Crippen MR) is 47.3 cm³/mol. The van der Waals surface area contributed by atoms with E-state index >= 15 is 0 Å². The molecule has 0 aliphatic carbocycles. The van der Waals surface area contributed by atoms with Crippen LogP contribution < -0.4 is 5.73 Å². The number of rotatable bonds is 1. The second-order valence-corrected chi connectivity index (χ2v) is 3.32. The zero-order valence-corrected chi connectivity index (χ0v) is 7.81. The molecule has 0 saturated carbocycles. The number of nitrogens with two attached hydrogens (primary N) is 1. The summed E-state index contributed by atoms with van der Waals surface area (Å²) in [7, 11) is 0. The Balaban J connectivity index is 3.76. The van der Waals surface area contributed by atoms with E-state index in [4.69, 9.17) is 10.5 Å². The van der Waals surface area contributed by atoms with Gasteiger partial charge in [0.1, 0.15) is 12.0 Å². The fourth-order valence-corrected chi connectivity index (χ4v) is 0.584. The Morgan fingerprint density at radius 2 is 2.00 bits per heavy atom. The van der Waals surface area contributed by atoms with E-state index in [1.54, 1.807) is 0 Å². The maximum absolute atomic E-state index is 11.0. The summed E-state index contributed by atoms with van der Waals surface area (Å²) >= 11 is 0. The van der Waals surface area contributed by atoms with Crippen molar-refractivity contribution in [2.24, 2.45) is 5.73 Å². The van der Waals surface area contributed by atoms with Crippen molar-refractivity contribution in [2.75, 3.05) is 6.54 Å². The highest BCUT2D eigenvalue weighted by atomic mass is 16.6. The second-order valence-electron chi connectivity index (χ2n) is 3.32. The fraction of sp³-hybridized carbons (Fsp3) is 0.667. The van der Waals surface area contributed by atoms with Crippen molar-refractivity contribution in [1.29, 1.82) is 0 Å². The summed E-state index contributed by atoms with van der Waals surface area (Å²) in [5.41, 5.74) is 4.69. The molecule has 0 aromatic carbocycles. The first-order valence-corrected chi connectivity index (χ1v) is 3.83. The third-order valence-corrected chi connectivity index (χ3v) is 0.880. The minimum atomic E-state index is -0.429. The topological polar surface area (TPSA) is 52.3 Å². The molecule has 3 nitrogen and oxygen atoms in total. The Hall–Kier alpha value is -1.01. The summed E-state index contributed by atoms with van der Waals surface area (Å²) in [5, 5.41) is 0. The number of carbonyl (C=O) groups is 1. The largest absolute Gasteiger partial charge is 0.459 e. The van der Waals surface area contributed by atoms with Gasteiger partial charge in [0.2, 0.25) is 0 Å². The lowest BCUT2D eigenvalue weighted by Crippen LogP contribution is -2.23. The van der Waals surface area contributed by atoms with Crippen molar-refractivity contribution < 1.29 is 9.53 Å². The number of esters is 1. The molecule has 0 spiro atoms. The number of hydrogen-bond acceptors (Lipinski definition) is 3. The third-order valence-electron chi connectivity index (χ3n) is 0.880. The van der Waals surface area contributed by atoms with Gasteiger partial charge in [0.25, 0.3) is 0 Å². The Labute approximate surface area is 73.3 Å². The van der Waals surface area contributed by atoms with Gasteiger partial charge in [-0.2, -0.15) is 0 Å². The first-order valence-electron chi connectivity index (χ1n) is 3.83. The van der Waals surface area contributed by atoms with Crippen LogP contribution in [0.25, 0.3) is 0 Å². The number of carbonyl (C=O) groups excluding carboxylic acids is 1. The van der Waals surface area contributed by atoms with E-state index in [0.29, 0.717) is 0 Å². The zero-order chi connectivity index (χ0) is 9.61. The average molecular weight is 169 g/mol. The van der Waals surface area contributed by atoms with Crippen LogP contribution in [-0.4, -0.2) is 18.1 Å². The molecular formula is C9H15NO2. The molecule has 0 aromatic rings. The van der Waals surface area contributed by atoms with E-state index in [1.807, 2.05) is 20.8 Å². The fourth-order valence-electron chi connectivity index (χ4n) is 0.584. The molecule has 68 valence electrons. The quantitative estimate of drug-likeness (QED) is 0.464. The zero-order valence-electron chi connectivity index (χ0n) is 7.81. The molecule has 0 fully saturated rings. The Bertz CT molecular complexity index is 205. The second kappa shape index (κ2) is 4.78. The molecule has 0 aromatic heterocycles. The number of hydrogen-bond donors (Lipinski definition) is 1. The normalized spacial score (nSPS) is 10.0. The van der Waals surface area contributed by atoms with Crippen LogP contribution in [0, 0.1) is 11.8 Å². The van der Waals surface area contributed by atoms with Crippen LogP contribution in [0.3, 0.4) is 0 Å². The van der Waals surface area contributed by atoms with Crippen LogP contribution >= 0.6 is 0 Å². The summed E-state index contributed by atoms with van der Waals surface area (Å²) in [6, 6.07) is 0. The molecule has 3 heteroatoms. The Kier molecular flexibility index (Phi) is 4.38. The molecule has 0 heterocycles. The predicted octanol–water partition coefficient (Wildman–Crippen LogP) is 0.680. The molecule has 2 N–H and O–H groups in total. The van der Waals surface area contributed by atoms with Gasteiger partial charge in [-0.3, -0.25) is 4.79 Å². The monoisotopic (exact) mass is 169 g/mol. The van der Waals surface area contributed by atoms with E-state index in [0.717, 1.165) is 0 Å². The first kappa shape index (κ1) is 11.0. The van der Waals surface area contributed by atoms with Crippen molar-refractivity contribution >= 4 is 5.97 Å². The molecular weight excluding hydrogens is 154 g/mol. The molecule has 0 aliphatic heterocycles. The van der Waals surface area contributed by atoms with Gasteiger partial charge in [-0.1, -0.05) is 11.8 Å². The standard InChI is InChI=1S/C9H15NO2/c1-9(2,3)12-8(11)6-4-5-7-10/h6-7,10H2,1-3H3. The molecule has 0 radical (unpaired) electrons. The molecule has 0 aliphatic rings. The van der Waals surface area contributed by atoms with E-state index in [1.165, 1.54) is 0 Å². The van der Waals surface area contributed by atoms with Gasteiger partial charge in [-0.15, -0.1) is 0 Å². The van der Waals surface area contributed by atoms with Crippen LogP contribution in [0.4, 0.5) is 0 Å². The lowest BCUT2D eigenvalue weighted by molar-refractivity contribution is -0.153. The first-order chi connectivity index (χ1) is 5.45. The molecule has 0 amide bonds. The van der Waals surface area contributed by atoms with Gasteiger partial charge in [-0.05, 0) is 20.8 Å². The maximum atomic E-state index is 11.0. The maximum Gasteiger partial charge on any atom is 0.318 e. The van der Waals surface area contributed by atoms with E-state index in [2.05, 4.69) is 11.8 Å². The lowest BCUT2D eigenvalue weighted by Gasteiger charge is -2.18. The highest BCUT2D eigenvalue weighted by molar-refractivity contribution is 5.72. The molecule has 0 bridgehead atoms. The smallest absolute Gasteiger partial charge is 0.318 e. The van der Waals surface area contributed by atoms with E-state index in [9.17, 15) is 4.79 Å². The summed E-state index contributed by atoms with van der Waals surface area (Å²) in [6.45, 7) is 5.74. The van der Waals surface area contributed by atoms with Crippen molar-refractivity contribution in [2.45, 2.75) is 32.8 Å². The van der Waals surface area contributed by atoms with E-state index in [-0.39, 0.29) is 18.9 Å². The highest BCUT2D eigenvalue weighted by Crippen LogP contribution is 2.07. The van der Waals surface area contributed by atoms with Crippen LogP contribution in [0.5, 0.6) is 0 Å². The molecule has 0 saturated heterocycles. The van der Waals surface area contributed by atoms with Crippen molar-refractivity contribution in [3.05, 3.63) is 0 Å². The van der Waals surface area contributed by atoms with Crippen LogP contribution in [0.2, 0.25) is 0 Å². The summed E-state index contributed by atoms with van der Waals surface area (Å²) < 4.78 is 5.00. The van der Waals surface area contributed by atoms with Crippen molar-refractivity contribution in [3.63, 3.8) is 0 Å².